The molecule has 0 bridgehead atoms. The van der Waals surface area contributed by atoms with E-state index in [0.717, 1.165) is 5.71 Å². The molecule has 16 heavy (non-hydrogen) atoms. The van der Waals surface area contributed by atoms with Crippen LogP contribution in [0, 0.1) is 0 Å². The highest BCUT2D eigenvalue weighted by molar-refractivity contribution is 7.80. The van der Waals surface area contributed by atoms with Crippen LogP contribution in [0.25, 0.3) is 0 Å². The molecule has 0 saturated heterocycles. The number of hydrogen-bond donors (Lipinski definition) is 2. The molecule has 1 rings (SSSR count). The van der Waals surface area contributed by atoms with Crippen molar-refractivity contribution in [3.8, 4) is 0 Å². The van der Waals surface area contributed by atoms with Crippen molar-refractivity contribution in [3.63, 3.8) is 0 Å². The molecule has 0 atom stereocenters. The molecule has 6 heteroatoms. The minimum atomic E-state index is 0.461. The molecule has 0 unspecified atom stereocenters. The zero-order valence-electron chi connectivity index (χ0n) is 9.32. The van der Waals surface area contributed by atoms with Gasteiger partial charge in [0.1, 0.15) is 11.5 Å². The molecule has 1 aromatic heterocycles. The third kappa shape index (κ3) is 4.41. The van der Waals surface area contributed by atoms with Gasteiger partial charge < -0.3 is 14.5 Å². The number of hydrazone groups is 1. The van der Waals surface area contributed by atoms with E-state index in [1.807, 2.05) is 19.1 Å². The number of methoxy groups -OCH3 is 1. The van der Waals surface area contributed by atoms with Crippen molar-refractivity contribution in [1.82, 2.24) is 10.7 Å². The summed E-state index contributed by atoms with van der Waals surface area (Å²) in [7, 11) is 1.64. The summed E-state index contributed by atoms with van der Waals surface area (Å²) >= 11 is 5.00. The van der Waals surface area contributed by atoms with E-state index in [2.05, 4.69) is 15.8 Å². The van der Waals surface area contributed by atoms with Gasteiger partial charge in [-0.3, -0.25) is 5.43 Å². The lowest BCUT2D eigenvalue weighted by molar-refractivity contribution is 0.204. The number of furan rings is 1. The second-order valence-corrected chi connectivity index (χ2v) is 3.44. The van der Waals surface area contributed by atoms with Gasteiger partial charge in [-0.2, -0.15) is 5.10 Å². The molecule has 1 aromatic rings. The predicted molar refractivity (Wildman–Crippen MR) is 66.5 cm³/mol. The highest BCUT2D eigenvalue weighted by atomic mass is 32.1. The van der Waals surface area contributed by atoms with Crippen LogP contribution < -0.4 is 10.7 Å². The molecular formula is C10H15N3O2S. The molecule has 0 aliphatic heterocycles. The number of rotatable bonds is 5. The fraction of sp³-hybridized carbons (Fsp3) is 0.400. The molecule has 0 aromatic carbocycles. The molecule has 0 amide bonds. The normalized spacial score (nSPS) is 11.2. The van der Waals surface area contributed by atoms with Crippen LogP contribution in [0.15, 0.2) is 27.9 Å². The van der Waals surface area contributed by atoms with Crippen LogP contribution in [-0.4, -0.2) is 31.1 Å². The molecule has 0 aliphatic carbocycles. The first kappa shape index (κ1) is 12.7. The SMILES string of the molecule is COCCNC(=S)N/N=C(\C)c1ccco1. The van der Waals surface area contributed by atoms with Crippen molar-refractivity contribution in [3.05, 3.63) is 24.2 Å². The van der Waals surface area contributed by atoms with E-state index in [1.54, 1.807) is 13.4 Å². The van der Waals surface area contributed by atoms with E-state index < -0.39 is 0 Å². The minimum absolute atomic E-state index is 0.461. The summed E-state index contributed by atoms with van der Waals surface area (Å²) in [4.78, 5) is 0. The Morgan fingerprint density at radius 2 is 2.44 bits per heavy atom. The molecule has 1 heterocycles. The van der Waals surface area contributed by atoms with Gasteiger partial charge >= 0.3 is 0 Å². The Bertz CT molecular complexity index is 349. The largest absolute Gasteiger partial charge is 0.463 e. The molecular weight excluding hydrogens is 226 g/mol. The smallest absolute Gasteiger partial charge is 0.187 e. The van der Waals surface area contributed by atoms with Crippen molar-refractivity contribution in [2.45, 2.75) is 6.92 Å². The van der Waals surface area contributed by atoms with Crippen molar-refractivity contribution in [1.29, 1.82) is 0 Å². The summed E-state index contributed by atoms with van der Waals surface area (Å²) in [6.45, 7) is 3.09. The van der Waals surface area contributed by atoms with Crippen LogP contribution >= 0.6 is 12.2 Å². The standard InChI is InChI=1S/C10H15N3O2S/c1-8(9-4-3-6-15-9)12-13-10(16)11-5-7-14-2/h3-4,6H,5,7H2,1-2H3,(H2,11,13,16)/b12-8+. The average Bonchev–Trinajstić information content (AvgIpc) is 2.79. The van der Waals surface area contributed by atoms with Gasteiger partial charge in [-0.15, -0.1) is 0 Å². The van der Waals surface area contributed by atoms with Gasteiger partial charge in [-0.05, 0) is 31.3 Å². The molecule has 0 aliphatic rings. The van der Waals surface area contributed by atoms with Crippen molar-refractivity contribution in [2.24, 2.45) is 5.10 Å². The predicted octanol–water partition coefficient (Wildman–Crippen LogP) is 1.11. The first-order valence-corrected chi connectivity index (χ1v) is 5.26. The average molecular weight is 241 g/mol. The summed E-state index contributed by atoms with van der Waals surface area (Å²) < 4.78 is 10.0. The molecule has 0 spiro atoms. The summed E-state index contributed by atoms with van der Waals surface area (Å²) in [5.41, 5.74) is 3.46. The Kier molecular flexibility index (Phi) is 5.52. The van der Waals surface area contributed by atoms with Crippen LogP contribution in [0.1, 0.15) is 12.7 Å². The first-order chi connectivity index (χ1) is 7.74. The van der Waals surface area contributed by atoms with E-state index in [4.69, 9.17) is 21.4 Å². The Balaban J connectivity index is 2.32. The van der Waals surface area contributed by atoms with Gasteiger partial charge in [-0.1, -0.05) is 0 Å². The van der Waals surface area contributed by atoms with Gasteiger partial charge in [0.05, 0.1) is 12.9 Å². The zero-order valence-corrected chi connectivity index (χ0v) is 10.1. The fourth-order valence-corrected chi connectivity index (χ4v) is 1.13. The van der Waals surface area contributed by atoms with Gasteiger partial charge in [-0.25, -0.2) is 0 Å². The Morgan fingerprint density at radius 1 is 1.62 bits per heavy atom. The fourth-order valence-electron chi connectivity index (χ4n) is 0.980. The van der Waals surface area contributed by atoms with E-state index in [-0.39, 0.29) is 0 Å². The lowest BCUT2D eigenvalue weighted by Gasteiger charge is -2.06. The first-order valence-electron chi connectivity index (χ1n) is 4.85. The number of nitrogens with zero attached hydrogens (tertiary/aromatic N) is 1. The number of ether oxygens (including phenoxy) is 1. The summed E-state index contributed by atoms with van der Waals surface area (Å²) in [6.07, 6.45) is 1.60. The molecule has 0 radical (unpaired) electrons. The second kappa shape index (κ2) is 6.97. The summed E-state index contributed by atoms with van der Waals surface area (Å²) in [5.74, 6) is 0.715. The number of thiocarbonyl (C=S) groups is 1. The number of nitrogens with one attached hydrogen (secondary N) is 2. The third-order valence-corrected chi connectivity index (χ3v) is 2.03. The summed E-state index contributed by atoms with van der Waals surface area (Å²) in [6, 6.07) is 3.64. The van der Waals surface area contributed by atoms with Gasteiger partial charge in [0, 0.05) is 13.7 Å². The molecule has 0 fully saturated rings. The van der Waals surface area contributed by atoms with E-state index in [9.17, 15) is 0 Å². The molecule has 5 nitrogen and oxygen atoms in total. The van der Waals surface area contributed by atoms with Crippen LogP contribution in [0.5, 0.6) is 0 Å². The third-order valence-electron chi connectivity index (χ3n) is 1.79. The maximum atomic E-state index is 5.17. The topological polar surface area (TPSA) is 58.8 Å². The summed E-state index contributed by atoms with van der Waals surface area (Å²) in [5, 5.41) is 7.48. The lowest BCUT2D eigenvalue weighted by Crippen LogP contribution is -2.34. The highest BCUT2D eigenvalue weighted by Crippen LogP contribution is 2.00. The number of hydrogen-bond acceptors (Lipinski definition) is 4. The van der Waals surface area contributed by atoms with Crippen LogP contribution in [0.4, 0.5) is 0 Å². The van der Waals surface area contributed by atoms with Crippen LogP contribution in [-0.2, 0) is 4.74 Å². The Labute approximate surface area is 99.9 Å². The van der Waals surface area contributed by atoms with Gasteiger partial charge in [0.25, 0.3) is 0 Å². The lowest BCUT2D eigenvalue weighted by atomic mass is 10.3. The maximum absolute atomic E-state index is 5.17. The van der Waals surface area contributed by atoms with E-state index >= 15 is 0 Å². The van der Waals surface area contributed by atoms with Crippen molar-refractivity contribution < 1.29 is 9.15 Å². The molecule has 2 N–H and O–H groups in total. The maximum Gasteiger partial charge on any atom is 0.187 e. The quantitative estimate of drug-likeness (QED) is 0.350. The monoisotopic (exact) mass is 241 g/mol. The zero-order chi connectivity index (χ0) is 11.8. The van der Waals surface area contributed by atoms with Crippen LogP contribution in [0.2, 0.25) is 0 Å². The van der Waals surface area contributed by atoms with Crippen LogP contribution in [0.3, 0.4) is 0 Å². The van der Waals surface area contributed by atoms with Gasteiger partial charge in [0.2, 0.25) is 0 Å². The van der Waals surface area contributed by atoms with E-state index in [0.29, 0.717) is 24.0 Å². The van der Waals surface area contributed by atoms with E-state index in [1.165, 1.54) is 0 Å². The van der Waals surface area contributed by atoms with Crippen molar-refractivity contribution in [2.75, 3.05) is 20.3 Å². The molecule has 0 saturated carbocycles. The Hall–Kier alpha value is -1.40. The second-order valence-electron chi connectivity index (χ2n) is 3.04. The Morgan fingerprint density at radius 3 is 3.06 bits per heavy atom. The minimum Gasteiger partial charge on any atom is -0.463 e. The highest BCUT2D eigenvalue weighted by Gasteiger charge is 1.99. The molecule has 88 valence electrons. The van der Waals surface area contributed by atoms with Gasteiger partial charge in [0.15, 0.2) is 5.11 Å². The van der Waals surface area contributed by atoms with Crippen molar-refractivity contribution >= 4 is 23.0 Å².